The minimum Gasteiger partial charge on any atom is -0.360 e. The lowest BCUT2D eigenvalue weighted by atomic mass is 9.95. The highest BCUT2D eigenvalue weighted by Crippen LogP contribution is 2.21. The highest BCUT2D eigenvalue weighted by atomic mass is 16.5. The number of benzene rings is 1. The van der Waals surface area contributed by atoms with E-state index in [9.17, 15) is 9.59 Å². The van der Waals surface area contributed by atoms with Gasteiger partial charge in [0, 0.05) is 30.6 Å². The van der Waals surface area contributed by atoms with Crippen LogP contribution in [-0.4, -0.2) is 35.0 Å². The molecule has 0 bridgehead atoms. The van der Waals surface area contributed by atoms with Gasteiger partial charge in [-0.3, -0.25) is 9.59 Å². The molecule has 3 rings (SSSR count). The summed E-state index contributed by atoms with van der Waals surface area (Å²) in [5.74, 6) is 0.951. The number of carbonyl (C=O) groups is 2. The molecule has 0 unspecified atom stereocenters. The number of hydrogen-bond donors (Lipinski definition) is 1. The number of nitrogens with one attached hydrogen (secondary N) is 1. The molecule has 0 atom stereocenters. The minimum atomic E-state index is -0.105. The third-order valence-corrected chi connectivity index (χ3v) is 4.05. The first-order chi connectivity index (χ1) is 11.1. The first-order valence-electron chi connectivity index (χ1n) is 7.72. The van der Waals surface area contributed by atoms with E-state index in [0.717, 1.165) is 0 Å². The molecule has 6 nitrogen and oxygen atoms in total. The van der Waals surface area contributed by atoms with Crippen molar-refractivity contribution in [1.29, 1.82) is 0 Å². The van der Waals surface area contributed by atoms with Crippen molar-refractivity contribution in [2.24, 2.45) is 5.92 Å². The number of nitrogens with zero attached hydrogens (tertiary/aromatic N) is 2. The molecule has 23 heavy (non-hydrogen) atoms. The molecule has 1 aromatic carbocycles. The van der Waals surface area contributed by atoms with Gasteiger partial charge < -0.3 is 14.7 Å². The molecule has 2 amide bonds. The molecule has 6 heteroatoms. The fourth-order valence-electron chi connectivity index (χ4n) is 2.76. The Morgan fingerprint density at radius 1 is 1.22 bits per heavy atom. The van der Waals surface area contributed by atoms with Crippen LogP contribution in [-0.2, 0) is 4.79 Å². The summed E-state index contributed by atoms with van der Waals surface area (Å²) in [6, 6.07) is 10.9. The molecule has 1 saturated heterocycles. The van der Waals surface area contributed by atoms with Gasteiger partial charge in [-0.15, -0.1) is 0 Å². The zero-order valence-electron chi connectivity index (χ0n) is 13.0. The average Bonchev–Trinajstić information content (AvgIpc) is 3.00. The Morgan fingerprint density at radius 3 is 2.52 bits per heavy atom. The molecule has 120 valence electrons. The fourth-order valence-corrected chi connectivity index (χ4v) is 2.76. The smallest absolute Gasteiger partial charge is 0.253 e. The third kappa shape index (κ3) is 3.59. The number of aryl methyl sites for hydroxylation is 1. The molecule has 1 N–H and O–H groups in total. The van der Waals surface area contributed by atoms with Gasteiger partial charge in [-0.2, -0.15) is 0 Å². The third-order valence-electron chi connectivity index (χ3n) is 4.05. The molecule has 0 aliphatic carbocycles. The second kappa shape index (κ2) is 6.64. The van der Waals surface area contributed by atoms with Gasteiger partial charge in [0.15, 0.2) is 5.82 Å². The van der Waals surface area contributed by atoms with Gasteiger partial charge in [-0.1, -0.05) is 23.4 Å². The molecular weight excluding hydrogens is 294 g/mol. The summed E-state index contributed by atoms with van der Waals surface area (Å²) in [5.41, 5.74) is 0.688. The predicted octanol–water partition coefficient (Wildman–Crippen LogP) is 2.47. The summed E-state index contributed by atoms with van der Waals surface area (Å²) in [6.45, 7) is 2.95. The molecule has 1 fully saturated rings. The van der Waals surface area contributed by atoms with Crippen molar-refractivity contribution in [3.05, 3.63) is 47.7 Å². The van der Waals surface area contributed by atoms with Crippen LogP contribution in [0.1, 0.15) is 29.0 Å². The van der Waals surface area contributed by atoms with Crippen LogP contribution in [0.25, 0.3) is 0 Å². The fraction of sp³-hybridized carbons (Fsp3) is 0.353. The van der Waals surface area contributed by atoms with E-state index in [-0.39, 0.29) is 17.7 Å². The lowest BCUT2D eigenvalue weighted by Gasteiger charge is -2.31. The lowest BCUT2D eigenvalue weighted by molar-refractivity contribution is -0.121. The van der Waals surface area contributed by atoms with E-state index in [1.54, 1.807) is 17.9 Å². The summed E-state index contributed by atoms with van der Waals surface area (Å²) < 4.78 is 4.93. The summed E-state index contributed by atoms with van der Waals surface area (Å²) in [5, 5.41) is 6.52. The molecule has 0 spiro atoms. The SMILES string of the molecule is Cc1cc(NC(=O)C2CCN(C(=O)c3ccccc3)CC2)no1. The second-order valence-corrected chi connectivity index (χ2v) is 5.74. The number of hydrogen-bond acceptors (Lipinski definition) is 4. The van der Waals surface area contributed by atoms with Crippen molar-refractivity contribution in [1.82, 2.24) is 10.1 Å². The first kappa shape index (κ1) is 15.3. The van der Waals surface area contributed by atoms with Crippen molar-refractivity contribution >= 4 is 17.6 Å². The Balaban J connectivity index is 1.54. The molecule has 2 aromatic rings. The summed E-state index contributed by atoms with van der Waals surface area (Å²) in [6.07, 6.45) is 1.31. The monoisotopic (exact) mass is 313 g/mol. The molecule has 1 aliphatic heterocycles. The van der Waals surface area contributed by atoms with Gasteiger partial charge in [0.25, 0.3) is 5.91 Å². The highest BCUT2D eigenvalue weighted by molar-refractivity contribution is 5.95. The van der Waals surface area contributed by atoms with Crippen LogP contribution in [0.4, 0.5) is 5.82 Å². The highest BCUT2D eigenvalue weighted by Gasteiger charge is 2.28. The van der Waals surface area contributed by atoms with Gasteiger partial charge in [-0.25, -0.2) is 0 Å². The van der Waals surface area contributed by atoms with E-state index in [2.05, 4.69) is 10.5 Å². The summed E-state index contributed by atoms with van der Waals surface area (Å²) in [7, 11) is 0. The Morgan fingerprint density at radius 2 is 1.91 bits per heavy atom. The minimum absolute atomic E-state index is 0.0246. The van der Waals surface area contributed by atoms with E-state index in [4.69, 9.17) is 4.52 Å². The maximum absolute atomic E-state index is 12.4. The van der Waals surface area contributed by atoms with Crippen LogP contribution in [0.2, 0.25) is 0 Å². The molecule has 2 heterocycles. The number of aromatic nitrogens is 1. The van der Waals surface area contributed by atoms with Crippen LogP contribution in [0, 0.1) is 12.8 Å². The van der Waals surface area contributed by atoms with Crippen molar-refractivity contribution in [2.45, 2.75) is 19.8 Å². The van der Waals surface area contributed by atoms with Crippen molar-refractivity contribution in [2.75, 3.05) is 18.4 Å². The number of rotatable bonds is 3. The Bertz CT molecular complexity index is 688. The van der Waals surface area contributed by atoms with Crippen LogP contribution in [0.3, 0.4) is 0 Å². The van der Waals surface area contributed by atoms with E-state index in [1.807, 2.05) is 30.3 Å². The number of carbonyl (C=O) groups excluding carboxylic acids is 2. The predicted molar refractivity (Wildman–Crippen MR) is 84.9 cm³/mol. The molecule has 0 radical (unpaired) electrons. The summed E-state index contributed by atoms with van der Waals surface area (Å²) >= 11 is 0. The Hall–Kier alpha value is -2.63. The molecular formula is C17H19N3O3. The van der Waals surface area contributed by atoms with E-state index in [1.165, 1.54) is 0 Å². The van der Waals surface area contributed by atoms with E-state index < -0.39 is 0 Å². The Kier molecular flexibility index (Phi) is 4.41. The first-order valence-corrected chi connectivity index (χ1v) is 7.72. The number of anilines is 1. The van der Waals surface area contributed by atoms with Crippen LogP contribution < -0.4 is 5.32 Å². The average molecular weight is 313 g/mol. The topological polar surface area (TPSA) is 75.4 Å². The maximum atomic E-state index is 12.4. The summed E-state index contributed by atoms with van der Waals surface area (Å²) in [4.78, 5) is 26.4. The maximum Gasteiger partial charge on any atom is 0.253 e. The van der Waals surface area contributed by atoms with Crippen molar-refractivity contribution < 1.29 is 14.1 Å². The zero-order chi connectivity index (χ0) is 16.2. The van der Waals surface area contributed by atoms with Crippen molar-refractivity contribution in [3.8, 4) is 0 Å². The van der Waals surface area contributed by atoms with Crippen molar-refractivity contribution in [3.63, 3.8) is 0 Å². The van der Waals surface area contributed by atoms with Gasteiger partial charge in [-0.05, 0) is 31.9 Å². The number of piperidine rings is 1. The van der Waals surface area contributed by atoms with Gasteiger partial charge >= 0.3 is 0 Å². The van der Waals surface area contributed by atoms with Gasteiger partial charge in [0.2, 0.25) is 5.91 Å². The molecule has 1 aliphatic rings. The normalized spacial score (nSPS) is 15.4. The number of amides is 2. The van der Waals surface area contributed by atoms with Crippen LogP contribution in [0.15, 0.2) is 40.9 Å². The molecule has 1 aromatic heterocycles. The number of likely N-dealkylation sites (tertiary alicyclic amines) is 1. The quantitative estimate of drug-likeness (QED) is 0.944. The van der Waals surface area contributed by atoms with Gasteiger partial charge in [0.05, 0.1) is 0 Å². The standard InChI is InChI=1S/C17H19N3O3/c1-12-11-15(19-23-12)18-16(21)13-7-9-20(10-8-13)17(22)14-5-3-2-4-6-14/h2-6,11,13H,7-10H2,1H3,(H,18,19,21). The zero-order valence-corrected chi connectivity index (χ0v) is 13.0. The van der Waals surface area contributed by atoms with Crippen LogP contribution >= 0.6 is 0 Å². The van der Waals surface area contributed by atoms with Crippen LogP contribution in [0.5, 0.6) is 0 Å². The second-order valence-electron chi connectivity index (χ2n) is 5.74. The Labute approximate surface area is 134 Å². The van der Waals surface area contributed by atoms with E-state index >= 15 is 0 Å². The van der Waals surface area contributed by atoms with E-state index in [0.29, 0.717) is 43.1 Å². The van der Waals surface area contributed by atoms with Gasteiger partial charge in [0.1, 0.15) is 5.76 Å². The lowest BCUT2D eigenvalue weighted by Crippen LogP contribution is -2.41. The molecule has 0 saturated carbocycles. The largest absolute Gasteiger partial charge is 0.360 e.